The minimum Gasteiger partial charge on any atom is -0.480 e. The van der Waals surface area contributed by atoms with Crippen molar-refractivity contribution in [2.45, 2.75) is 13.5 Å². The Balaban J connectivity index is 2.05. The summed E-state index contributed by atoms with van der Waals surface area (Å²) < 4.78 is 0. The van der Waals surface area contributed by atoms with Gasteiger partial charge in [0.05, 0.1) is 0 Å². The standard InChI is InChI=1S/C13H15N5O3/c1-2-17(9-12(20)21)11(19)8-18-15-13(14-16-18)10-6-4-3-5-7-10/h3-7H,2,8-9H2,1H3,(H,20,21). The van der Waals surface area contributed by atoms with Gasteiger partial charge in [-0.05, 0) is 12.1 Å². The molecule has 0 fully saturated rings. The van der Waals surface area contributed by atoms with Crippen molar-refractivity contribution in [3.8, 4) is 11.4 Å². The SMILES string of the molecule is CCN(CC(=O)O)C(=O)Cn1nnc(-c2ccccc2)n1. The molecule has 0 aliphatic rings. The summed E-state index contributed by atoms with van der Waals surface area (Å²) >= 11 is 0. The largest absolute Gasteiger partial charge is 0.480 e. The first-order valence-electron chi connectivity index (χ1n) is 6.43. The Hall–Kier alpha value is -2.77. The van der Waals surface area contributed by atoms with E-state index < -0.39 is 5.97 Å². The van der Waals surface area contributed by atoms with Gasteiger partial charge < -0.3 is 10.0 Å². The summed E-state index contributed by atoms with van der Waals surface area (Å²) in [6, 6.07) is 9.26. The van der Waals surface area contributed by atoms with E-state index in [1.54, 1.807) is 6.92 Å². The van der Waals surface area contributed by atoms with Gasteiger partial charge in [-0.1, -0.05) is 30.3 Å². The first-order chi connectivity index (χ1) is 10.1. The van der Waals surface area contributed by atoms with E-state index in [0.29, 0.717) is 12.4 Å². The summed E-state index contributed by atoms with van der Waals surface area (Å²) in [6.45, 7) is 1.55. The molecule has 0 aliphatic heterocycles. The molecule has 2 aromatic rings. The van der Waals surface area contributed by atoms with Gasteiger partial charge in [0, 0.05) is 12.1 Å². The van der Waals surface area contributed by atoms with E-state index in [-0.39, 0.29) is 19.0 Å². The number of carboxylic acid groups (broad SMARTS) is 1. The highest BCUT2D eigenvalue weighted by Gasteiger charge is 2.17. The molecule has 1 amide bonds. The van der Waals surface area contributed by atoms with Crippen molar-refractivity contribution in [3.63, 3.8) is 0 Å². The third-order valence-electron chi connectivity index (χ3n) is 2.82. The van der Waals surface area contributed by atoms with Crippen molar-refractivity contribution in [3.05, 3.63) is 30.3 Å². The molecule has 21 heavy (non-hydrogen) atoms. The van der Waals surface area contributed by atoms with E-state index in [9.17, 15) is 9.59 Å². The average Bonchev–Trinajstić information content (AvgIpc) is 2.94. The number of likely N-dealkylation sites (N-methyl/N-ethyl adjacent to an activating group) is 1. The van der Waals surface area contributed by atoms with Gasteiger partial charge in [0.15, 0.2) is 0 Å². The molecule has 110 valence electrons. The average molecular weight is 289 g/mol. The number of amides is 1. The molecule has 0 saturated heterocycles. The highest BCUT2D eigenvalue weighted by molar-refractivity contribution is 5.81. The minimum absolute atomic E-state index is 0.138. The highest BCUT2D eigenvalue weighted by atomic mass is 16.4. The van der Waals surface area contributed by atoms with E-state index >= 15 is 0 Å². The molecule has 1 aromatic carbocycles. The second-order valence-corrected chi connectivity index (χ2v) is 4.31. The Morgan fingerprint density at radius 2 is 2.00 bits per heavy atom. The Bertz CT molecular complexity index is 626. The van der Waals surface area contributed by atoms with Gasteiger partial charge in [-0.25, -0.2) is 0 Å². The molecule has 8 nitrogen and oxygen atoms in total. The van der Waals surface area contributed by atoms with Gasteiger partial charge in [-0.15, -0.1) is 10.2 Å². The molecule has 1 N–H and O–H groups in total. The molecule has 0 spiro atoms. The van der Waals surface area contributed by atoms with Gasteiger partial charge in [0.1, 0.15) is 13.1 Å². The van der Waals surface area contributed by atoms with Gasteiger partial charge in [-0.2, -0.15) is 4.80 Å². The minimum atomic E-state index is -1.05. The Labute approximate surface area is 121 Å². The summed E-state index contributed by atoms with van der Waals surface area (Å²) in [6.07, 6.45) is 0. The summed E-state index contributed by atoms with van der Waals surface area (Å²) in [5.41, 5.74) is 0.800. The maximum absolute atomic E-state index is 12.0. The summed E-state index contributed by atoms with van der Waals surface area (Å²) in [5.74, 6) is -0.997. The number of carbonyl (C=O) groups excluding carboxylic acids is 1. The van der Waals surface area contributed by atoms with Crippen LogP contribution in [-0.4, -0.2) is 55.2 Å². The number of tetrazole rings is 1. The molecule has 1 aromatic heterocycles. The number of rotatable bonds is 6. The molecule has 2 rings (SSSR count). The van der Waals surface area contributed by atoms with E-state index in [2.05, 4.69) is 15.4 Å². The lowest BCUT2D eigenvalue weighted by atomic mass is 10.2. The highest BCUT2D eigenvalue weighted by Crippen LogP contribution is 2.11. The lowest BCUT2D eigenvalue weighted by molar-refractivity contribution is -0.144. The fraction of sp³-hybridized carbons (Fsp3) is 0.308. The number of aromatic nitrogens is 4. The van der Waals surface area contributed by atoms with Gasteiger partial charge in [0.25, 0.3) is 0 Å². The van der Waals surface area contributed by atoms with Crippen LogP contribution in [0.15, 0.2) is 30.3 Å². The Kier molecular flexibility index (Phi) is 4.60. The lowest BCUT2D eigenvalue weighted by Crippen LogP contribution is -2.38. The number of carbonyl (C=O) groups is 2. The number of benzene rings is 1. The predicted molar refractivity (Wildman–Crippen MR) is 73.1 cm³/mol. The molecule has 0 saturated carbocycles. The first-order valence-corrected chi connectivity index (χ1v) is 6.43. The lowest BCUT2D eigenvalue weighted by Gasteiger charge is -2.17. The molecule has 8 heteroatoms. The van der Waals surface area contributed by atoms with Crippen molar-refractivity contribution >= 4 is 11.9 Å². The first kappa shape index (κ1) is 14.6. The van der Waals surface area contributed by atoms with Crippen LogP contribution in [0.2, 0.25) is 0 Å². The van der Waals surface area contributed by atoms with Crippen molar-refractivity contribution in [2.75, 3.05) is 13.1 Å². The normalized spacial score (nSPS) is 10.3. The second kappa shape index (κ2) is 6.60. The summed E-state index contributed by atoms with van der Waals surface area (Å²) in [5, 5.41) is 20.5. The zero-order valence-corrected chi connectivity index (χ0v) is 11.5. The third-order valence-corrected chi connectivity index (χ3v) is 2.82. The molecular weight excluding hydrogens is 274 g/mol. The number of nitrogens with zero attached hydrogens (tertiary/aromatic N) is 5. The number of hydrogen-bond donors (Lipinski definition) is 1. The van der Waals surface area contributed by atoms with E-state index in [4.69, 9.17) is 5.11 Å². The van der Waals surface area contributed by atoms with Crippen LogP contribution in [0, 0.1) is 0 Å². The molecule has 0 aliphatic carbocycles. The van der Waals surface area contributed by atoms with Crippen LogP contribution in [0.4, 0.5) is 0 Å². The van der Waals surface area contributed by atoms with Gasteiger partial charge >= 0.3 is 5.97 Å². The van der Waals surface area contributed by atoms with E-state index in [0.717, 1.165) is 10.4 Å². The van der Waals surface area contributed by atoms with Gasteiger partial charge in [-0.3, -0.25) is 9.59 Å². The maximum atomic E-state index is 12.0. The summed E-state index contributed by atoms with van der Waals surface area (Å²) in [7, 11) is 0. The fourth-order valence-corrected chi connectivity index (χ4v) is 1.77. The van der Waals surface area contributed by atoms with Crippen LogP contribution >= 0.6 is 0 Å². The monoisotopic (exact) mass is 289 g/mol. The topological polar surface area (TPSA) is 101 Å². The number of carboxylic acids is 1. The van der Waals surface area contributed by atoms with Crippen LogP contribution in [0.25, 0.3) is 11.4 Å². The number of hydrogen-bond acceptors (Lipinski definition) is 5. The van der Waals surface area contributed by atoms with Crippen LogP contribution in [0.1, 0.15) is 6.92 Å². The van der Waals surface area contributed by atoms with E-state index in [1.165, 1.54) is 4.90 Å². The molecule has 0 unspecified atom stereocenters. The van der Waals surface area contributed by atoms with Crippen LogP contribution in [-0.2, 0) is 16.1 Å². The molecule has 1 heterocycles. The molecule has 0 bridgehead atoms. The van der Waals surface area contributed by atoms with Gasteiger partial charge in [0.2, 0.25) is 11.7 Å². The second-order valence-electron chi connectivity index (χ2n) is 4.31. The van der Waals surface area contributed by atoms with Crippen LogP contribution < -0.4 is 0 Å². The zero-order valence-electron chi connectivity index (χ0n) is 11.5. The maximum Gasteiger partial charge on any atom is 0.323 e. The Morgan fingerprint density at radius 1 is 1.29 bits per heavy atom. The zero-order chi connectivity index (χ0) is 15.2. The van der Waals surface area contributed by atoms with Crippen molar-refractivity contribution < 1.29 is 14.7 Å². The predicted octanol–water partition coefficient (Wildman–Crippen LogP) is 0.273. The Morgan fingerprint density at radius 3 is 2.62 bits per heavy atom. The van der Waals surface area contributed by atoms with Crippen molar-refractivity contribution in [1.29, 1.82) is 0 Å². The summed E-state index contributed by atoms with van der Waals surface area (Å²) in [4.78, 5) is 25.0. The third kappa shape index (κ3) is 3.85. The van der Waals surface area contributed by atoms with Crippen LogP contribution in [0.3, 0.4) is 0 Å². The van der Waals surface area contributed by atoms with Crippen molar-refractivity contribution in [1.82, 2.24) is 25.1 Å². The van der Waals surface area contributed by atoms with Crippen LogP contribution in [0.5, 0.6) is 0 Å². The van der Waals surface area contributed by atoms with E-state index in [1.807, 2.05) is 30.3 Å². The molecule has 0 radical (unpaired) electrons. The quantitative estimate of drug-likeness (QED) is 0.819. The number of aliphatic carboxylic acids is 1. The van der Waals surface area contributed by atoms with Crippen molar-refractivity contribution in [2.24, 2.45) is 0 Å². The smallest absolute Gasteiger partial charge is 0.323 e. The molecular formula is C13H15N5O3. The molecule has 0 atom stereocenters. The fourth-order valence-electron chi connectivity index (χ4n) is 1.77.